The fraction of sp³-hybridized carbons (Fsp3) is 0.273. The number of fused-ring (bicyclic) bond motifs is 1. The summed E-state index contributed by atoms with van der Waals surface area (Å²) in [6.07, 6.45) is 0. The van der Waals surface area contributed by atoms with E-state index in [0.717, 1.165) is 11.2 Å². The fourth-order valence-electron chi connectivity index (χ4n) is 1.47. The molecule has 1 unspecified atom stereocenters. The van der Waals surface area contributed by atoms with Crippen molar-refractivity contribution >= 4 is 22.8 Å². The van der Waals surface area contributed by atoms with Crippen LogP contribution in [0, 0.1) is 6.92 Å². The van der Waals surface area contributed by atoms with Crippen molar-refractivity contribution in [3.63, 3.8) is 0 Å². The number of rotatable bonds is 4. The Balaban J connectivity index is 2.11. The van der Waals surface area contributed by atoms with Gasteiger partial charge in [-0.25, -0.2) is 4.98 Å². The molecule has 6 nitrogen and oxygen atoms in total. The maximum absolute atomic E-state index is 10.5. The zero-order valence-corrected chi connectivity index (χ0v) is 9.30. The quantitative estimate of drug-likeness (QED) is 0.729. The minimum absolute atomic E-state index is 0.164. The maximum Gasteiger partial charge on any atom is 0.322 e. The van der Waals surface area contributed by atoms with E-state index in [0.29, 0.717) is 11.5 Å². The Morgan fingerprint density at radius 1 is 1.65 bits per heavy atom. The van der Waals surface area contributed by atoms with Crippen LogP contribution >= 0.6 is 0 Å². The Morgan fingerprint density at radius 2 is 2.41 bits per heavy atom. The molecule has 0 radical (unpaired) electrons. The predicted molar refractivity (Wildman–Crippen MR) is 62.8 cm³/mol. The molecule has 4 N–H and O–H groups in total. The number of nitrogens with one attached hydrogen (secondary N) is 1. The third-order valence-electron chi connectivity index (χ3n) is 2.34. The van der Waals surface area contributed by atoms with E-state index < -0.39 is 12.0 Å². The van der Waals surface area contributed by atoms with Crippen molar-refractivity contribution in [3.05, 3.63) is 24.1 Å². The summed E-state index contributed by atoms with van der Waals surface area (Å²) in [6.45, 7) is 1.94. The number of nitrogens with zero attached hydrogens (tertiary/aromatic N) is 1. The number of hydrogen-bond donors (Lipinski definition) is 3. The molecule has 6 heteroatoms. The molecule has 90 valence electrons. The largest absolute Gasteiger partial charge is 0.480 e. The van der Waals surface area contributed by atoms with Gasteiger partial charge in [-0.15, -0.1) is 0 Å². The zero-order chi connectivity index (χ0) is 12.4. The number of carboxylic acids is 1. The molecule has 0 saturated heterocycles. The van der Waals surface area contributed by atoms with Crippen molar-refractivity contribution in [1.29, 1.82) is 0 Å². The minimum Gasteiger partial charge on any atom is -0.480 e. The van der Waals surface area contributed by atoms with Crippen LogP contribution in [0.5, 0.6) is 0 Å². The molecule has 2 rings (SSSR count). The van der Waals surface area contributed by atoms with Crippen LogP contribution in [0.4, 0.5) is 5.69 Å². The lowest BCUT2D eigenvalue weighted by molar-refractivity contribution is -0.138. The van der Waals surface area contributed by atoms with Crippen LogP contribution in [0.3, 0.4) is 0 Å². The summed E-state index contributed by atoms with van der Waals surface area (Å²) in [7, 11) is 0. The molecular formula is C11H13N3O3. The Kier molecular flexibility index (Phi) is 2.97. The van der Waals surface area contributed by atoms with Gasteiger partial charge in [-0.1, -0.05) is 0 Å². The van der Waals surface area contributed by atoms with Crippen LogP contribution in [-0.2, 0) is 4.79 Å². The maximum atomic E-state index is 10.5. The van der Waals surface area contributed by atoms with E-state index in [-0.39, 0.29) is 6.54 Å². The van der Waals surface area contributed by atoms with Crippen molar-refractivity contribution in [2.45, 2.75) is 13.0 Å². The summed E-state index contributed by atoms with van der Waals surface area (Å²) in [4.78, 5) is 14.7. The van der Waals surface area contributed by atoms with Gasteiger partial charge in [0.1, 0.15) is 11.6 Å². The van der Waals surface area contributed by atoms with Gasteiger partial charge >= 0.3 is 5.97 Å². The lowest BCUT2D eigenvalue weighted by Gasteiger charge is -2.09. The van der Waals surface area contributed by atoms with Gasteiger partial charge in [-0.3, -0.25) is 4.79 Å². The average molecular weight is 235 g/mol. The highest BCUT2D eigenvalue weighted by Crippen LogP contribution is 2.19. The number of anilines is 1. The second-order valence-corrected chi connectivity index (χ2v) is 3.74. The van der Waals surface area contributed by atoms with Crippen molar-refractivity contribution in [1.82, 2.24) is 4.98 Å². The number of aliphatic carboxylic acids is 1. The van der Waals surface area contributed by atoms with Crippen LogP contribution < -0.4 is 11.1 Å². The normalized spacial score (nSPS) is 12.6. The molecule has 0 aliphatic carbocycles. The standard InChI is InChI=1S/C11H13N3O3/c1-6-14-9-4-7(2-3-10(9)17-6)13-5-8(12)11(15)16/h2-4,8,13H,5,12H2,1H3,(H,15,16). The molecule has 17 heavy (non-hydrogen) atoms. The molecule has 1 aromatic carbocycles. The highest BCUT2D eigenvalue weighted by atomic mass is 16.4. The van der Waals surface area contributed by atoms with E-state index in [2.05, 4.69) is 10.3 Å². The predicted octanol–water partition coefficient (Wildman–Crippen LogP) is 0.960. The molecule has 0 amide bonds. The Bertz CT molecular complexity index is 550. The van der Waals surface area contributed by atoms with Crippen LogP contribution in [0.2, 0.25) is 0 Å². The lowest BCUT2D eigenvalue weighted by Crippen LogP contribution is -2.36. The van der Waals surface area contributed by atoms with E-state index in [1.165, 1.54) is 0 Å². The highest BCUT2D eigenvalue weighted by molar-refractivity contribution is 5.78. The fourth-order valence-corrected chi connectivity index (χ4v) is 1.47. The summed E-state index contributed by atoms with van der Waals surface area (Å²) in [5, 5.41) is 11.6. The van der Waals surface area contributed by atoms with Gasteiger partial charge in [0.2, 0.25) is 0 Å². The molecule has 0 spiro atoms. The number of carbonyl (C=O) groups is 1. The molecule has 2 aromatic rings. The van der Waals surface area contributed by atoms with Gasteiger partial charge in [0, 0.05) is 19.2 Å². The number of aromatic nitrogens is 1. The average Bonchev–Trinajstić information content (AvgIpc) is 2.64. The number of aryl methyl sites for hydroxylation is 1. The molecule has 1 atom stereocenters. The summed E-state index contributed by atoms with van der Waals surface area (Å²) >= 11 is 0. The van der Waals surface area contributed by atoms with Crippen LogP contribution in [0.25, 0.3) is 11.1 Å². The van der Waals surface area contributed by atoms with Crippen molar-refractivity contribution < 1.29 is 14.3 Å². The number of nitrogens with two attached hydrogens (primary N) is 1. The van der Waals surface area contributed by atoms with E-state index in [4.69, 9.17) is 15.3 Å². The SMILES string of the molecule is Cc1nc2cc(NCC(N)C(=O)O)ccc2o1. The van der Waals surface area contributed by atoms with Gasteiger partial charge in [0.05, 0.1) is 0 Å². The Labute approximate surface area is 97.4 Å². The van der Waals surface area contributed by atoms with Gasteiger partial charge in [0.15, 0.2) is 11.5 Å². The van der Waals surface area contributed by atoms with Gasteiger partial charge in [0.25, 0.3) is 0 Å². The summed E-state index contributed by atoms with van der Waals surface area (Å²) in [5.74, 6) is -0.435. The second-order valence-electron chi connectivity index (χ2n) is 3.74. The molecule has 0 aliphatic rings. The van der Waals surface area contributed by atoms with E-state index >= 15 is 0 Å². The summed E-state index contributed by atoms with van der Waals surface area (Å²) in [5.41, 5.74) is 7.59. The van der Waals surface area contributed by atoms with Crippen molar-refractivity contribution in [2.24, 2.45) is 5.73 Å². The number of carboxylic acid groups (broad SMARTS) is 1. The van der Waals surface area contributed by atoms with Gasteiger partial charge in [-0.2, -0.15) is 0 Å². The third kappa shape index (κ3) is 2.54. The minimum atomic E-state index is -1.03. The van der Waals surface area contributed by atoms with E-state index in [1.807, 2.05) is 0 Å². The summed E-state index contributed by atoms with van der Waals surface area (Å²) < 4.78 is 5.33. The first kappa shape index (κ1) is 11.4. The number of oxazole rings is 1. The van der Waals surface area contributed by atoms with Crippen molar-refractivity contribution in [3.8, 4) is 0 Å². The molecule has 0 aliphatic heterocycles. The van der Waals surface area contributed by atoms with Crippen LogP contribution in [-0.4, -0.2) is 28.6 Å². The molecule has 0 bridgehead atoms. The number of benzene rings is 1. The van der Waals surface area contributed by atoms with Crippen LogP contribution in [0.1, 0.15) is 5.89 Å². The van der Waals surface area contributed by atoms with Gasteiger partial charge in [-0.05, 0) is 18.2 Å². The number of hydrogen-bond acceptors (Lipinski definition) is 5. The molecule has 0 saturated carbocycles. The first-order chi connectivity index (χ1) is 8.06. The lowest BCUT2D eigenvalue weighted by atomic mass is 10.2. The molecular weight excluding hydrogens is 222 g/mol. The Morgan fingerprint density at radius 3 is 3.12 bits per heavy atom. The monoisotopic (exact) mass is 235 g/mol. The van der Waals surface area contributed by atoms with Gasteiger partial charge < -0.3 is 20.6 Å². The first-order valence-electron chi connectivity index (χ1n) is 5.16. The van der Waals surface area contributed by atoms with Crippen molar-refractivity contribution in [2.75, 3.05) is 11.9 Å². The molecule has 1 aromatic heterocycles. The highest BCUT2D eigenvalue weighted by Gasteiger charge is 2.11. The topological polar surface area (TPSA) is 101 Å². The Hall–Kier alpha value is -2.08. The van der Waals surface area contributed by atoms with E-state index in [1.54, 1.807) is 25.1 Å². The van der Waals surface area contributed by atoms with Crippen LogP contribution in [0.15, 0.2) is 22.6 Å². The summed E-state index contributed by atoms with van der Waals surface area (Å²) in [6, 6.07) is 4.44. The third-order valence-corrected chi connectivity index (χ3v) is 2.34. The molecule has 0 fully saturated rings. The smallest absolute Gasteiger partial charge is 0.322 e. The zero-order valence-electron chi connectivity index (χ0n) is 9.30. The molecule has 1 heterocycles. The van der Waals surface area contributed by atoms with E-state index in [9.17, 15) is 4.79 Å². The second kappa shape index (κ2) is 4.42. The first-order valence-corrected chi connectivity index (χ1v) is 5.16.